The van der Waals surface area contributed by atoms with E-state index in [1.807, 2.05) is 0 Å². The number of fused-ring (bicyclic) bond motifs is 2. The van der Waals surface area contributed by atoms with Crippen LogP contribution in [0.25, 0.3) is 0 Å². The molecule has 0 aromatic heterocycles. The quantitative estimate of drug-likeness (QED) is 0.824. The Morgan fingerprint density at radius 3 is 2.56 bits per heavy atom. The van der Waals surface area contributed by atoms with Gasteiger partial charge in [0.1, 0.15) is 0 Å². The zero-order valence-electron chi connectivity index (χ0n) is 11.2. The molecule has 3 atom stereocenters. The molecule has 0 heterocycles. The Morgan fingerprint density at radius 2 is 2.00 bits per heavy atom. The molecule has 2 saturated carbocycles. The summed E-state index contributed by atoms with van der Waals surface area (Å²) in [6, 6.07) is 10.9. The Bertz CT molecular complexity index is 428. The molecule has 18 heavy (non-hydrogen) atoms. The van der Waals surface area contributed by atoms with E-state index in [1.165, 1.54) is 20.9 Å². The van der Waals surface area contributed by atoms with Crippen molar-refractivity contribution >= 4 is 24.5 Å². The van der Waals surface area contributed by atoms with Crippen LogP contribution in [-0.4, -0.2) is 32.1 Å². The molecule has 98 valence electrons. The molecule has 2 aliphatic carbocycles. The molecular weight excluding hydrogens is 336 g/mol. The predicted octanol–water partition coefficient (Wildman–Crippen LogP) is 2.62. The molecule has 2 aliphatic rings. The molecule has 2 heteroatoms. The van der Waals surface area contributed by atoms with Crippen molar-refractivity contribution in [1.29, 1.82) is 0 Å². The average molecular weight is 358 g/mol. The fraction of sp³-hybridized carbons (Fsp3) is 0.625. The first-order valence-corrected chi connectivity index (χ1v) is 9.73. The molecular formula is C16H22OTe. The molecule has 0 unspecified atom stereocenters. The Morgan fingerprint density at radius 1 is 1.28 bits per heavy atom. The van der Waals surface area contributed by atoms with Crippen molar-refractivity contribution in [1.82, 2.24) is 0 Å². The van der Waals surface area contributed by atoms with Gasteiger partial charge in [0.2, 0.25) is 0 Å². The first kappa shape index (κ1) is 13.0. The molecule has 0 saturated heterocycles. The SMILES string of the molecule is CC1(C)[C@@H]2CC[C@@]1(C[Te]c1ccccc1)[C@H](O)C2. The Labute approximate surface area is 120 Å². The van der Waals surface area contributed by atoms with Crippen LogP contribution >= 0.6 is 0 Å². The van der Waals surface area contributed by atoms with E-state index in [0.717, 1.165) is 12.3 Å². The van der Waals surface area contributed by atoms with Gasteiger partial charge < -0.3 is 0 Å². The van der Waals surface area contributed by atoms with E-state index >= 15 is 0 Å². The van der Waals surface area contributed by atoms with E-state index in [0.29, 0.717) is 5.41 Å². The number of rotatable bonds is 3. The number of hydrogen-bond donors (Lipinski definition) is 1. The fourth-order valence-corrected chi connectivity index (χ4v) is 8.34. The minimum absolute atomic E-state index is 0.0416. The van der Waals surface area contributed by atoms with Gasteiger partial charge in [-0.3, -0.25) is 0 Å². The first-order chi connectivity index (χ1) is 8.56. The van der Waals surface area contributed by atoms with Crippen LogP contribution in [0.3, 0.4) is 0 Å². The van der Waals surface area contributed by atoms with Gasteiger partial charge in [0, 0.05) is 0 Å². The third-order valence-corrected chi connectivity index (χ3v) is 9.24. The molecule has 1 nitrogen and oxygen atoms in total. The van der Waals surface area contributed by atoms with E-state index in [2.05, 4.69) is 44.2 Å². The summed E-state index contributed by atoms with van der Waals surface area (Å²) >= 11 is -0.156. The van der Waals surface area contributed by atoms with E-state index in [4.69, 9.17) is 0 Å². The molecule has 0 amide bonds. The summed E-state index contributed by atoms with van der Waals surface area (Å²) in [5.74, 6) is 0.760. The second-order valence-electron chi connectivity index (χ2n) is 6.47. The summed E-state index contributed by atoms with van der Waals surface area (Å²) in [7, 11) is 0. The number of hydrogen-bond acceptors (Lipinski definition) is 1. The third kappa shape index (κ3) is 1.77. The van der Waals surface area contributed by atoms with Gasteiger partial charge in [-0.1, -0.05) is 0 Å². The molecule has 0 spiro atoms. The van der Waals surface area contributed by atoms with Gasteiger partial charge in [-0.05, 0) is 0 Å². The second-order valence-corrected chi connectivity index (χ2v) is 9.46. The molecule has 1 aromatic carbocycles. The van der Waals surface area contributed by atoms with Crippen LogP contribution in [0, 0.1) is 16.7 Å². The van der Waals surface area contributed by atoms with Crippen molar-refractivity contribution in [3.63, 3.8) is 0 Å². The van der Waals surface area contributed by atoms with E-state index in [-0.39, 0.29) is 32.4 Å². The van der Waals surface area contributed by atoms with Crippen LogP contribution < -0.4 is 3.61 Å². The fourth-order valence-electron chi connectivity index (χ4n) is 4.11. The zero-order valence-corrected chi connectivity index (χ0v) is 13.6. The van der Waals surface area contributed by atoms with Crippen LogP contribution in [0.15, 0.2) is 30.3 Å². The zero-order chi connectivity index (χ0) is 12.8. The first-order valence-electron chi connectivity index (χ1n) is 6.92. The molecule has 1 aromatic rings. The van der Waals surface area contributed by atoms with Crippen molar-refractivity contribution in [3.8, 4) is 0 Å². The van der Waals surface area contributed by atoms with Gasteiger partial charge in [0.15, 0.2) is 0 Å². The summed E-state index contributed by atoms with van der Waals surface area (Å²) in [4.78, 5) is 0. The average Bonchev–Trinajstić information content (AvgIpc) is 2.72. The van der Waals surface area contributed by atoms with Crippen molar-refractivity contribution < 1.29 is 5.11 Å². The van der Waals surface area contributed by atoms with Gasteiger partial charge >= 0.3 is 120 Å². The molecule has 2 fully saturated rings. The van der Waals surface area contributed by atoms with Gasteiger partial charge in [-0.15, -0.1) is 0 Å². The number of benzene rings is 1. The van der Waals surface area contributed by atoms with E-state index in [9.17, 15) is 5.11 Å². The van der Waals surface area contributed by atoms with Crippen LogP contribution in [0.5, 0.6) is 0 Å². The Hall–Kier alpha value is -0.0304. The normalized spacial score (nSPS) is 37.1. The maximum absolute atomic E-state index is 10.5. The second kappa shape index (κ2) is 4.51. The number of aliphatic hydroxyl groups is 1. The minimum atomic E-state index is -0.156. The standard InChI is InChI=1S/C16H22OTe/c1-15(2)12-8-9-16(15,14(17)10-12)11-18-13-6-4-3-5-7-13/h3-7,12,14,17H,8-11H2,1-2H3/t12-,14-,16-/m1/s1. The molecule has 3 rings (SSSR count). The monoisotopic (exact) mass is 360 g/mol. The Kier molecular flexibility index (Phi) is 3.25. The van der Waals surface area contributed by atoms with E-state index in [1.54, 1.807) is 0 Å². The van der Waals surface area contributed by atoms with Crippen molar-refractivity contribution in [2.45, 2.75) is 43.7 Å². The van der Waals surface area contributed by atoms with Crippen LogP contribution in [0.4, 0.5) is 0 Å². The molecule has 1 N–H and O–H groups in total. The van der Waals surface area contributed by atoms with Gasteiger partial charge in [-0.2, -0.15) is 0 Å². The topological polar surface area (TPSA) is 20.2 Å². The summed E-state index contributed by atoms with van der Waals surface area (Å²) in [5.41, 5.74) is 0.585. The van der Waals surface area contributed by atoms with Crippen LogP contribution in [0.1, 0.15) is 33.1 Å². The summed E-state index contributed by atoms with van der Waals surface area (Å²) in [6.07, 6.45) is 3.60. The van der Waals surface area contributed by atoms with Gasteiger partial charge in [0.25, 0.3) is 0 Å². The summed E-state index contributed by atoms with van der Waals surface area (Å²) < 4.78 is 2.81. The summed E-state index contributed by atoms with van der Waals surface area (Å²) in [5, 5.41) is 10.5. The predicted molar refractivity (Wildman–Crippen MR) is 76.2 cm³/mol. The number of aliphatic hydroxyl groups excluding tert-OH is 1. The third-order valence-electron chi connectivity index (χ3n) is 5.63. The van der Waals surface area contributed by atoms with Crippen molar-refractivity contribution in [2.75, 3.05) is 0 Å². The van der Waals surface area contributed by atoms with Crippen molar-refractivity contribution in [3.05, 3.63) is 30.3 Å². The van der Waals surface area contributed by atoms with Gasteiger partial charge in [-0.25, -0.2) is 0 Å². The van der Waals surface area contributed by atoms with Crippen LogP contribution in [0.2, 0.25) is 4.47 Å². The molecule has 0 radical (unpaired) electrons. The Balaban J connectivity index is 1.79. The van der Waals surface area contributed by atoms with Crippen molar-refractivity contribution in [2.24, 2.45) is 16.7 Å². The molecule has 2 bridgehead atoms. The molecule has 0 aliphatic heterocycles. The van der Waals surface area contributed by atoms with Gasteiger partial charge in [0.05, 0.1) is 0 Å². The maximum atomic E-state index is 10.5. The van der Waals surface area contributed by atoms with Crippen LogP contribution in [-0.2, 0) is 0 Å². The van der Waals surface area contributed by atoms with E-state index < -0.39 is 0 Å². The summed E-state index contributed by atoms with van der Waals surface area (Å²) in [6.45, 7) is 4.80.